The van der Waals surface area contributed by atoms with Crippen molar-refractivity contribution >= 4 is 67.1 Å². The number of hydrogen-bond donors (Lipinski definition) is 0. The standard InChI is InChI=1S/C46H34Si/c1-47(2)42-24-23-31-13-7-8-16-36(31)46(42)41-27-39-40(28-43(41)47)45(35-22-20-30-12-4-6-15-33(30)26-35)38-18-10-9-17-37(38)44(39)34-21-19-29-11-3-5-14-32(29)25-34/h3-24,26-28,32H,25H2,1-2H3. The highest BCUT2D eigenvalue weighted by Crippen LogP contribution is 2.47. The highest BCUT2D eigenvalue weighted by Gasteiger charge is 2.39. The molecule has 1 aliphatic heterocycles. The van der Waals surface area contributed by atoms with Crippen molar-refractivity contribution in [1.29, 1.82) is 0 Å². The van der Waals surface area contributed by atoms with E-state index in [0.29, 0.717) is 5.92 Å². The molecule has 10 rings (SSSR count). The van der Waals surface area contributed by atoms with Gasteiger partial charge in [-0.25, -0.2) is 0 Å². The molecule has 2 aliphatic carbocycles. The zero-order chi connectivity index (χ0) is 31.3. The lowest BCUT2D eigenvalue weighted by Gasteiger charge is -2.26. The highest BCUT2D eigenvalue weighted by atomic mass is 28.3. The third kappa shape index (κ3) is 3.87. The molecule has 1 heteroatoms. The van der Waals surface area contributed by atoms with E-state index in [1.807, 2.05) is 0 Å². The Kier molecular flexibility index (Phi) is 5.66. The number of allylic oxidation sites excluding steroid dienone is 8. The molecule has 7 aromatic carbocycles. The fraction of sp³-hybridized carbons (Fsp3) is 0.0870. The van der Waals surface area contributed by atoms with Crippen molar-refractivity contribution in [3.05, 3.63) is 163 Å². The highest BCUT2D eigenvalue weighted by molar-refractivity contribution is 7.04. The maximum atomic E-state index is 2.63. The van der Waals surface area contributed by atoms with Gasteiger partial charge in [0, 0.05) is 5.92 Å². The summed E-state index contributed by atoms with van der Waals surface area (Å²) in [5.74, 6) is 0.416. The summed E-state index contributed by atoms with van der Waals surface area (Å²) in [6.45, 7) is 5.10. The van der Waals surface area contributed by atoms with Gasteiger partial charge in [-0.15, -0.1) is 0 Å². The Morgan fingerprint density at radius 2 is 1.23 bits per heavy atom. The minimum atomic E-state index is -1.97. The number of fused-ring (bicyclic) bond motifs is 9. The van der Waals surface area contributed by atoms with Crippen molar-refractivity contribution in [3.63, 3.8) is 0 Å². The van der Waals surface area contributed by atoms with Gasteiger partial charge in [-0.3, -0.25) is 0 Å². The fourth-order valence-corrected chi connectivity index (χ4v) is 11.9. The molecule has 0 amide bonds. The summed E-state index contributed by atoms with van der Waals surface area (Å²) in [7, 11) is -1.97. The van der Waals surface area contributed by atoms with Crippen LogP contribution in [-0.2, 0) is 0 Å². The molecule has 1 atom stereocenters. The Morgan fingerprint density at radius 3 is 2.09 bits per heavy atom. The van der Waals surface area contributed by atoms with Crippen molar-refractivity contribution in [3.8, 4) is 22.3 Å². The van der Waals surface area contributed by atoms with Gasteiger partial charge in [-0.2, -0.15) is 0 Å². The summed E-state index contributed by atoms with van der Waals surface area (Å²) in [4.78, 5) is 0. The van der Waals surface area contributed by atoms with E-state index in [1.165, 1.54) is 82.1 Å². The van der Waals surface area contributed by atoms with Gasteiger partial charge >= 0.3 is 0 Å². The van der Waals surface area contributed by atoms with Gasteiger partial charge in [0.05, 0.1) is 0 Å². The van der Waals surface area contributed by atoms with Crippen LogP contribution in [0.4, 0.5) is 0 Å². The van der Waals surface area contributed by atoms with Crippen LogP contribution in [0.1, 0.15) is 12.0 Å². The van der Waals surface area contributed by atoms with Gasteiger partial charge in [0.15, 0.2) is 0 Å². The molecule has 0 radical (unpaired) electrons. The molecular weight excluding hydrogens is 581 g/mol. The topological polar surface area (TPSA) is 0 Å². The molecule has 0 fully saturated rings. The van der Waals surface area contributed by atoms with Gasteiger partial charge in [0.25, 0.3) is 0 Å². The minimum absolute atomic E-state index is 0.416. The molecule has 1 unspecified atom stereocenters. The first-order chi connectivity index (χ1) is 23.1. The average molecular weight is 615 g/mol. The van der Waals surface area contributed by atoms with Crippen LogP contribution in [0.15, 0.2) is 157 Å². The smallest absolute Gasteiger partial charge is 0.0767 e. The molecule has 0 bridgehead atoms. The van der Waals surface area contributed by atoms with Crippen LogP contribution >= 0.6 is 0 Å². The molecule has 47 heavy (non-hydrogen) atoms. The van der Waals surface area contributed by atoms with E-state index >= 15 is 0 Å². The summed E-state index contributed by atoms with van der Waals surface area (Å²) in [6, 6.07) is 43.9. The van der Waals surface area contributed by atoms with Crippen molar-refractivity contribution in [1.82, 2.24) is 0 Å². The quantitative estimate of drug-likeness (QED) is 0.134. The largest absolute Gasteiger partial charge is 0.113 e. The number of benzene rings is 7. The Bertz CT molecular complexity index is 2620. The second-order valence-corrected chi connectivity index (χ2v) is 18.4. The van der Waals surface area contributed by atoms with Crippen LogP contribution < -0.4 is 10.4 Å². The third-order valence-corrected chi connectivity index (χ3v) is 14.7. The van der Waals surface area contributed by atoms with Crippen LogP contribution in [0.3, 0.4) is 0 Å². The SMILES string of the molecule is C[Si]1(C)c2cc3c(-c4ccc5ccccc5c4)c4ccccc4c(C4=CC=C5C=CC=CC5C4)c3cc2-c2c1ccc1ccccc21. The van der Waals surface area contributed by atoms with Gasteiger partial charge in [-0.05, 0) is 111 Å². The van der Waals surface area contributed by atoms with Crippen molar-refractivity contribution < 1.29 is 0 Å². The molecule has 0 aromatic heterocycles. The first-order valence-electron chi connectivity index (χ1n) is 16.9. The van der Waals surface area contributed by atoms with Gasteiger partial charge in [0.2, 0.25) is 0 Å². The number of rotatable bonds is 2. The fourth-order valence-electron chi connectivity index (χ4n) is 8.83. The minimum Gasteiger partial charge on any atom is -0.0767 e. The van der Waals surface area contributed by atoms with E-state index in [1.54, 1.807) is 10.4 Å². The summed E-state index contributed by atoms with van der Waals surface area (Å²) < 4.78 is 0. The van der Waals surface area contributed by atoms with E-state index in [0.717, 1.165) is 6.42 Å². The van der Waals surface area contributed by atoms with Crippen LogP contribution in [0.2, 0.25) is 13.1 Å². The molecular formula is C46H34Si. The summed E-state index contributed by atoms with van der Waals surface area (Å²) in [6.07, 6.45) is 14.8. The molecule has 0 saturated heterocycles. The van der Waals surface area contributed by atoms with Gasteiger partial charge in [0.1, 0.15) is 8.07 Å². The van der Waals surface area contributed by atoms with E-state index in [4.69, 9.17) is 0 Å². The lowest BCUT2D eigenvalue weighted by Crippen LogP contribution is -2.49. The molecule has 0 spiro atoms. The molecule has 0 N–H and O–H groups in total. The Labute approximate surface area is 276 Å². The molecule has 7 aromatic rings. The normalized spacial score (nSPS) is 17.5. The van der Waals surface area contributed by atoms with Crippen LogP contribution in [0, 0.1) is 5.92 Å². The molecule has 3 aliphatic rings. The second-order valence-electron chi connectivity index (χ2n) is 14.0. The summed E-state index contributed by atoms with van der Waals surface area (Å²) in [5.41, 5.74) is 9.78. The Morgan fingerprint density at radius 1 is 0.532 bits per heavy atom. The molecule has 1 heterocycles. The summed E-state index contributed by atoms with van der Waals surface area (Å²) >= 11 is 0. The molecule has 0 nitrogen and oxygen atoms in total. The van der Waals surface area contributed by atoms with Crippen molar-refractivity contribution in [2.24, 2.45) is 5.92 Å². The van der Waals surface area contributed by atoms with Crippen molar-refractivity contribution in [2.75, 3.05) is 0 Å². The maximum absolute atomic E-state index is 2.63. The lowest BCUT2D eigenvalue weighted by atomic mass is 9.78. The second kappa shape index (κ2) is 9.88. The van der Waals surface area contributed by atoms with Crippen LogP contribution in [0.25, 0.3) is 70.9 Å². The summed E-state index contributed by atoms with van der Waals surface area (Å²) in [5, 5.41) is 13.8. The predicted octanol–water partition coefficient (Wildman–Crippen LogP) is 11.2. The molecule has 0 saturated carbocycles. The van der Waals surface area contributed by atoms with Gasteiger partial charge < -0.3 is 0 Å². The average Bonchev–Trinajstić information content (AvgIpc) is 3.34. The van der Waals surface area contributed by atoms with Crippen molar-refractivity contribution in [2.45, 2.75) is 19.5 Å². The van der Waals surface area contributed by atoms with E-state index in [2.05, 4.69) is 165 Å². The first-order valence-corrected chi connectivity index (χ1v) is 19.9. The van der Waals surface area contributed by atoms with E-state index in [-0.39, 0.29) is 0 Å². The Balaban J connectivity index is 1.37. The number of hydrogen-bond acceptors (Lipinski definition) is 0. The van der Waals surface area contributed by atoms with Gasteiger partial charge in [-0.1, -0.05) is 153 Å². The van der Waals surface area contributed by atoms with E-state index in [9.17, 15) is 0 Å². The van der Waals surface area contributed by atoms with Crippen LogP contribution in [-0.4, -0.2) is 8.07 Å². The third-order valence-electron chi connectivity index (χ3n) is 11.2. The monoisotopic (exact) mass is 614 g/mol. The zero-order valence-electron chi connectivity index (χ0n) is 26.7. The molecule has 222 valence electrons. The lowest BCUT2D eigenvalue weighted by molar-refractivity contribution is 0.794. The Hall–Kier alpha value is -5.24. The van der Waals surface area contributed by atoms with E-state index < -0.39 is 8.07 Å². The zero-order valence-corrected chi connectivity index (χ0v) is 27.7. The van der Waals surface area contributed by atoms with Crippen LogP contribution in [0.5, 0.6) is 0 Å². The predicted molar refractivity (Wildman–Crippen MR) is 207 cm³/mol. The first kappa shape index (κ1) is 26.9. The maximum Gasteiger partial charge on any atom is 0.113 e.